The van der Waals surface area contributed by atoms with E-state index in [9.17, 15) is 0 Å². The van der Waals surface area contributed by atoms with Gasteiger partial charge in [-0.25, -0.2) is 15.0 Å². The Balaban J connectivity index is 1.56. The lowest BCUT2D eigenvalue weighted by Crippen LogP contribution is -2.11. The van der Waals surface area contributed by atoms with Gasteiger partial charge in [-0.1, -0.05) is 38.5 Å². The number of methoxy groups -OCH3 is 2. The molecule has 0 atom stereocenters. The van der Waals surface area contributed by atoms with Crippen molar-refractivity contribution in [1.82, 2.24) is 19.5 Å². The molecule has 1 fully saturated rings. The van der Waals surface area contributed by atoms with Crippen LogP contribution in [0.1, 0.15) is 44.9 Å². The van der Waals surface area contributed by atoms with E-state index in [0.717, 1.165) is 41.1 Å². The number of benzene rings is 1. The van der Waals surface area contributed by atoms with Gasteiger partial charge in [0.25, 0.3) is 0 Å². The molecule has 0 aromatic heterocycles. The summed E-state index contributed by atoms with van der Waals surface area (Å²) >= 11 is 1.44. The minimum atomic E-state index is 0.410. The van der Waals surface area contributed by atoms with Crippen molar-refractivity contribution >= 4 is 17.6 Å². The van der Waals surface area contributed by atoms with E-state index in [1.165, 1.54) is 50.3 Å². The molecular weight excluding hydrogens is 398 g/mol. The normalized spacial score (nSPS) is 15.3. The highest BCUT2D eigenvalue weighted by Crippen LogP contribution is 2.38. The van der Waals surface area contributed by atoms with Crippen LogP contribution in [-0.2, 0) is 6.54 Å². The Bertz CT molecular complexity index is 953. The zero-order chi connectivity index (χ0) is 20.9. The largest absolute Gasteiger partial charge is 0.497 e. The molecule has 1 aliphatic carbocycles. The molecule has 30 heavy (non-hydrogen) atoms. The summed E-state index contributed by atoms with van der Waals surface area (Å²) in [5, 5.41) is 0.625. The molecule has 1 saturated carbocycles. The van der Waals surface area contributed by atoms with Crippen LogP contribution in [0.25, 0.3) is 11.5 Å². The summed E-state index contributed by atoms with van der Waals surface area (Å²) in [6.07, 6.45) is 11.0. The molecule has 3 aliphatic rings. The van der Waals surface area contributed by atoms with Crippen molar-refractivity contribution in [2.24, 2.45) is 5.92 Å². The van der Waals surface area contributed by atoms with E-state index in [2.05, 4.69) is 14.5 Å². The number of fused-ring (bicyclic) bond motifs is 1. The van der Waals surface area contributed by atoms with Crippen molar-refractivity contribution in [3.63, 3.8) is 0 Å². The minimum Gasteiger partial charge on any atom is -0.497 e. The number of nitrogens with zero attached hydrogens (tertiary/aromatic N) is 4. The Kier molecular flexibility index (Phi) is 6.62. The number of nitrogens with two attached hydrogens (primary N) is 1. The van der Waals surface area contributed by atoms with Gasteiger partial charge in [0.2, 0.25) is 0 Å². The fourth-order valence-electron chi connectivity index (χ4n) is 4.08. The van der Waals surface area contributed by atoms with Gasteiger partial charge in [-0.05, 0) is 42.3 Å². The van der Waals surface area contributed by atoms with E-state index in [1.54, 1.807) is 20.5 Å². The van der Waals surface area contributed by atoms with E-state index < -0.39 is 0 Å². The highest BCUT2D eigenvalue weighted by Gasteiger charge is 2.21. The third kappa shape index (κ3) is 4.64. The number of imidazole rings is 1. The van der Waals surface area contributed by atoms with Crippen LogP contribution in [0.4, 0.5) is 5.82 Å². The molecule has 7 nitrogen and oxygen atoms in total. The molecule has 2 N–H and O–H groups in total. The van der Waals surface area contributed by atoms with Crippen LogP contribution >= 0.6 is 11.8 Å². The number of ether oxygens (including phenoxy) is 2. The van der Waals surface area contributed by atoms with E-state index in [-0.39, 0.29) is 0 Å². The zero-order valence-electron chi connectivity index (χ0n) is 17.6. The molecular formula is C22H29N5O2S. The van der Waals surface area contributed by atoms with Gasteiger partial charge >= 0.3 is 0 Å². The van der Waals surface area contributed by atoms with Crippen LogP contribution in [0.2, 0.25) is 0 Å². The first-order valence-electron chi connectivity index (χ1n) is 10.6. The summed E-state index contributed by atoms with van der Waals surface area (Å²) in [4.78, 5) is 14.7. The third-order valence-electron chi connectivity index (χ3n) is 5.80. The lowest BCUT2D eigenvalue weighted by atomic mass is 9.97. The van der Waals surface area contributed by atoms with Crippen molar-refractivity contribution in [2.45, 2.75) is 61.5 Å². The van der Waals surface area contributed by atoms with Crippen molar-refractivity contribution in [3.8, 4) is 23.0 Å². The summed E-state index contributed by atoms with van der Waals surface area (Å²) in [7, 11) is 3.30. The Morgan fingerprint density at radius 1 is 1.10 bits per heavy atom. The second-order valence-corrected chi connectivity index (χ2v) is 8.78. The fourth-order valence-corrected chi connectivity index (χ4v) is 4.97. The Hall–Kier alpha value is -2.48. The van der Waals surface area contributed by atoms with E-state index in [4.69, 9.17) is 20.2 Å². The molecule has 2 aliphatic heterocycles. The predicted octanol–water partition coefficient (Wildman–Crippen LogP) is 4.89. The van der Waals surface area contributed by atoms with Gasteiger partial charge in [0, 0.05) is 6.54 Å². The second kappa shape index (κ2) is 9.55. The first-order valence-corrected chi connectivity index (χ1v) is 11.4. The first kappa shape index (κ1) is 20.8. The van der Waals surface area contributed by atoms with Crippen molar-refractivity contribution in [3.05, 3.63) is 24.5 Å². The molecule has 4 rings (SSSR count). The topological polar surface area (TPSA) is 88.1 Å². The molecule has 2 heterocycles. The van der Waals surface area contributed by atoms with Crippen molar-refractivity contribution < 1.29 is 9.47 Å². The maximum atomic E-state index is 6.11. The Morgan fingerprint density at radius 2 is 1.90 bits per heavy atom. The number of aryl methyl sites for hydroxylation is 1. The molecule has 0 radical (unpaired) electrons. The SMILES string of the molecule is COc1ccc(OC)c(Sc2nc3c(N)ncn(CCC4CCCCCC4)c-3n2)c1. The summed E-state index contributed by atoms with van der Waals surface area (Å²) < 4.78 is 12.9. The number of nitrogen functional groups attached to an aromatic ring is 1. The standard InChI is InChI=1S/C22H29N5O2S/c1-28-16-9-10-17(29-2)18(13-16)30-22-25-19-20(23)24-14-27(21(19)26-22)12-11-15-7-5-3-4-6-8-15/h9-10,13-15H,3-8,11-12,23H2,1-2H3. The number of hydrogen-bond donors (Lipinski definition) is 1. The highest BCUT2D eigenvalue weighted by atomic mass is 32.2. The number of hydrogen-bond acceptors (Lipinski definition) is 7. The predicted molar refractivity (Wildman–Crippen MR) is 118 cm³/mol. The Morgan fingerprint density at radius 3 is 2.63 bits per heavy atom. The molecule has 0 unspecified atom stereocenters. The van der Waals surface area contributed by atoms with E-state index in [0.29, 0.717) is 16.7 Å². The van der Waals surface area contributed by atoms with Crippen LogP contribution in [0.5, 0.6) is 11.5 Å². The van der Waals surface area contributed by atoms with Gasteiger partial charge < -0.3 is 19.8 Å². The van der Waals surface area contributed by atoms with Gasteiger partial charge in [0.05, 0.1) is 25.4 Å². The first-order chi connectivity index (χ1) is 14.7. The summed E-state index contributed by atoms with van der Waals surface area (Å²) in [5.41, 5.74) is 6.77. The van der Waals surface area contributed by atoms with Gasteiger partial charge in [0.15, 0.2) is 22.5 Å². The molecule has 8 heteroatoms. The minimum absolute atomic E-state index is 0.410. The second-order valence-electron chi connectivity index (χ2n) is 7.77. The van der Waals surface area contributed by atoms with Gasteiger partial charge in [0.1, 0.15) is 11.5 Å². The fraction of sp³-hybridized carbons (Fsp3) is 0.500. The van der Waals surface area contributed by atoms with Crippen molar-refractivity contribution in [2.75, 3.05) is 20.0 Å². The van der Waals surface area contributed by atoms with Gasteiger partial charge in [-0.3, -0.25) is 0 Å². The average molecular weight is 428 g/mol. The van der Waals surface area contributed by atoms with Crippen LogP contribution in [0.3, 0.4) is 0 Å². The van der Waals surface area contributed by atoms with Crippen LogP contribution in [0, 0.1) is 5.92 Å². The number of aromatic nitrogens is 4. The van der Waals surface area contributed by atoms with Crippen LogP contribution < -0.4 is 15.2 Å². The molecule has 1 aromatic rings. The Labute approximate surface area is 181 Å². The van der Waals surface area contributed by atoms with E-state index in [1.807, 2.05) is 18.2 Å². The third-order valence-corrected chi connectivity index (χ3v) is 6.70. The summed E-state index contributed by atoms with van der Waals surface area (Å²) in [6, 6.07) is 5.67. The van der Waals surface area contributed by atoms with Crippen molar-refractivity contribution in [1.29, 1.82) is 0 Å². The van der Waals surface area contributed by atoms with Crippen LogP contribution in [-0.4, -0.2) is 33.7 Å². The number of rotatable bonds is 7. The maximum absolute atomic E-state index is 6.11. The maximum Gasteiger partial charge on any atom is 0.195 e. The van der Waals surface area contributed by atoms with Gasteiger partial charge in [-0.2, -0.15) is 0 Å². The molecule has 1 aromatic carbocycles. The monoisotopic (exact) mass is 427 g/mol. The lowest BCUT2D eigenvalue weighted by molar-refractivity contribution is 0.394. The summed E-state index contributed by atoms with van der Waals surface area (Å²) in [6.45, 7) is 0.889. The zero-order valence-corrected chi connectivity index (χ0v) is 18.5. The quantitative estimate of drug-likeness (QED) is 0.537. The van der Waals surface area contributed by atoms with Gasteiger partial charge in [-0.15, -0.1) is 0 Å². The molecule has 0 saturated heterocycles. The summed E-state index contributed by atoms with van der Waals surface area (Å²) in [5.74, 6) is 3.50. The lowest BCUT2D eigenvalue weighted by Gasteiger charge is -2.16. The number of anilines is 1. The highest BCUT2D eigenvalue weighted by molar-refractivity contribution is 7.99. The molecule has 0 bridgehead atoms. The van der Waals surface area contributed by atoms with E-state index >= 15 is 0 Å². The average Bonchev–Trinajstić information content (AvgIpc) is 3.01. The molecule has 160 valence electrons. The molecule has 0 spiro atoms. The molecule has 0 amide bonds. The smallest absolute Gasteiger partial charge is 0.195 e. The van der Waals surface area contributed by atoms with Crippen LogP contribution in [0.15, 0.2) is 34.6 Å².